The summed E-state index contributed by atoms with van der Waals surface area (Å²) in [6.45, 7) is 1.48. The van der Waals surface area contributed by atoms with Gasteiger partial charge in [-0.15, -0.1) is 0 Å². The molecule has 9 heteroatoms. The van der Waals surface area contributed by atoms with Gasteiger partial charge in [-0.25, -0.2) is 9.78 Å². The van der Waals surface area contributed by atoms with Gasteiger partial charge in [-0.2, -0.15) is 4.98 Å². The number of nitrogens with one attached hydrogen (secondary N) is 1. The van der Waals surface area contributed by atoms with Gasteiger partial charge in [-0.05, 0) is 18.5 Å². The molecule has 1 aromatic rings. The molecule has 0 bridgehead atoms. The van der Waals surface area contributed by atoms with Crippen molar-refractivity contribution in [3.05, 3.63) is 21.6 Å². The lowest BCUT2D eigenvalue weighted by Crippen LogP contribution is -2.28. The Labute approximate surface area is 101 Å². The van der Waals surface area contributed by atoms with Crippen molar-refractivity contribution in [3.8, 4) is 0 Å². The van der Waals surface area contributed by atoms with E-state index >= 15 is 0 Å². The Bertz CT molecular complexity index is 453. The predicted molar refractivity (Wildman–Crippen MR) is 58.8 cm³/mol. The molecule has 92 valence electrons. The monoisotopic (exact) mass is 260 g/mol. The number of anilines is 1. The number of carbonyl (C=O) groups excluding carboxylic acids is 1. The molecule has 0 radical (unpaired) electrons. The smallest absolute Gasteiger partial charge is 0.329 e. The van der Waals surface area contributed by atoms with E-state index in [9.17, 15) is 14.9 Å². The fraction of sp³-hybridized carbons (Fsp3) is 0.375. The van der Waals surface area contributed by atoms with Gasteiger partial charge in [0.15, 0.2) is 0 Å². The molecule has 0 saturated carbocycles. The number of nitro groups is 1. The third-order valence-corrected chi connectivity index (χ3v) is 2.03. The Morgan fingerprint density at radius 3 is 2.88 bits per heavy atom. The van der Waals surface area contributed by atoms with Crippen molar-refractivity contribution in [3.63, 3.8) is 0 Å². The number of esters is 1. The number of halogens is 1. The molecule has 0 amide bonds. The molecule has 0 aliphatic heterocycles. The van der Waals surface area contributed by atoms with Gasteiger partial charge in [0.25, 0.3) is 0 Å². The van der Waals surface area contributed by atoms with Crippen molar-refractivity contribution >= 4 is 29.1 Å². The highest BCUT2D eigenvalue weighted by Crippen LogP contribution is 2.22. The summed E-state index contributed by atoms with van der Waals surface area (Å²) in [6.07, 6.45) is 0.960. The molecule has 0 saturated heterocycles. The maximum Gasteiger partial charge on any atom is 0.329 e. The van der Waals surface area contributed by atoms with E-state index in [-0.39, 0.29) is 16.8 Å². The second-order valence-corrected chi connectivity index (χ2v) is 3.36. The first-order valence-electron chi connectivity index (χ1n) is 4.47. The lowest BCUT2D eigenvalue weighted by molar-refractivity contribution is -0.384. The standard InChI is InChI=1S/C8H9ClN4O4/c1-4(7(14)17-2)11-6-5(13(15)16)3-10-8(9)12-6/h3-4H,1-2H3,(H,10,11,12)/t4-/m1/s1. The van der Waals surface area contributed by atoms with Crippen molar-refractivity contribution in [2.45, 2.75) is 13.0 Å². The quantitative estimate of drug-likeness (QED) is 0.372. The van der Waals surface area contributed by atoms with Crippen LogP contribution in [0.3, 0.4) is 0 Å². The van der Waals surface area contributed by atoms with E-state index in [0.717, 1.165) is 6.20 Å². The van der Waals surface area contributed by atoms with Crippen LogP contribution in [0, 0.1) is 10.1 Å². The fourth-order valence-electron chi connectivity index (χ4n) is 1.03. The molecule has 0 aliphatic carbocycles. The topological polar surface area (TPSA) is 107 Å². The molecule has 1 aromatic heterocycles. The lowest BCUT2D eigenvalue weighted by atomic mass is 10.3. The Morgan fingerprint density at radius 2 is 2.35 bits per heavy atom. The molecule has 0 aliphatic rings. The van der Waals surface area contributed by atoms with Crippen LogP contribution in [0.2, 0.25) is 5.28 Å². The van der Waals surface area contributed by atoms with Crippen LogP contribution in [0.4, 0.5) is 11.5 Å². The molecular formula is C8H9ClN4O4. The summed E-state index contributed by atoms with van der Waals surface area (Å²) >= 11 is 5.52. The van der Waals surface area contributed by atoms with Gasteiger partial charge in [0.05, 0.1) is 12.0 Å². The van der Waals surface area contributed by atoms with Crippen molar-refractivity contribution in [2.75, 3.05) is 12.4 Å². The Morgan fingerprint density at radius 1 is 1.71 bits per heavy atom. The summed E-state index contributed by atoms with van der Waals surface area (Å²) in [7, 11) is 1.21. The van der Waals surface area contributed by atoms with Crippen LogP contribution in [-0.4, -0.2) is 34.0 Å². The third kappa shape index (κ3) is 3.25. The number of hydrogen-bond acceptors (Lipinski definition) is 7. The molecule has 17 heavy (non-hydrogen) atoms. The SMILES string of the molecule is COC(=O)[C@@H](C)Nc1nc(Cl)ncc1[N+](=O)[O-]. The zero-order chi connectivity index (χ0) is 13.0. The zero-order valence-electron chi connectivity index (χ0n) is 9.01. The predicted octanol–water partition coefficient (Wildman–Crippen LogP) is 1.01. The summed E-state index contributed by atoms with van der Waals surface area (Å²) < 4.78 is 4.47. The van der Waals surface area contributed by atoms with E-state index in [1.807, 2.05) is 0 Å². The van der Waals surface area contributed by atoms with Crippen molar-refractivity contribution in [2.24, 2.45) is 0 Å². The van der Waals surface area contributed by atoms with Crippen LogP contribution in [0.15, 0.2) is 6.20 Å². The maximum atomic E-state index is 11.2. The van der Waals surface area contributed by atoms with Gasteiger partial charge in [0.1, 0.15) is 12.2 Å². The first-order valence-corrected chi connectivity index (χ1v) is 4.84. The van der Waals surface area contributed by atoms with Crippen molar-refractivity contribution in [1.29, 1.82) is 0 Å². The fourth-order valence-corrected chi connectivity index (χ4v) is 1.17. The summed E-state index contributed by atoms with van der Waals surface area (Å²) in [5.74, 6) is -0.707. The van der Waals surface area contributed by atoms with Crippen molar-refractivity contribution in [1.82, 2.24) is 9.97 Å². The summed E-state index contributed by atoms with van der Waals surface area (Å²) in [5, 5.41) is 13.1. The Balaban J connectivity index is 3.00. The molecule has 0 spiro atoms. The van der Waals surface area contributed by atoms with Crippen molar-refractivity contribution < 1.29 is 14.5 Å². The van der Waals surface area contributed by atoms with Crippen LogP contribution >= 0.6 is 11.6 Å². The summed E-state index contributed by atoms with van der Waals surface area (Å²) in [4.78, 5) is 28.3. The molecule has 8 nitrogen and oxygen atoms in total. The minimum atomic E-state index is -0.787. The highest BCUT2D eigenvalue weighted by molar-refractivity contribution is 6.28. The first kappa shape index (κ1) is 13.1. The molecule has 1 heterocycles. The number of methoxy groups -OCH3 is 1. The molecule has 1 N–H and O–H groups in total. The van der Waals surface area contributed by atoms with Gasteiger partial charge in [0, 0.05) is 0 Å². The molecule has 0 aromatic carbocycles. The molecule has 0 fully saturated rings. The second kappa shape index (κ2) is 5.39. The molecule has 1 atom stereocenters. The van der Waals surface area contributed by atoms with Crippen LogP contribution in [0.5, 0.6) is 0 Å². The average molecular weight is 261 g/mol. The highest BCUT2D eigenvalue weighted by Gasteiger charge is 2.21. The minimum absolute atomic E-state index is 0.132. The number of carbonyl (C=O) groups is 1. The van der Waals surface area contributed by atoms with Gasteiger partial charge in [-0.3, -0.25) is 10.1 Å². The van der Waals surface area contributed by atoms with Gasteiger partial charge >= 0.3 is 11.7 Å². The van der Waals surface area contributed by atoms with Crippen LogP contribution < -0.4 is 5.32 Å². The molecular weight excluding hydrogens is 252 g/mol. The van der Waals surface area contributed by atoms with E-state index in [0.29, 0.717) is 0 Å². The number of ether oxygens (including phenoxy) is 1. The van der Waals surface area contributed by atoms with E-state index in [2.05, 4.69) is 20.0 Å². The normalized spacial score (nSPS) is 11.7. The Hall–Kier alpha value is -1.96. The summed E-state index contributed by atoms with van der Waals surface area (Å²) in [5.41, 5.74) is -0.370. The Kier molecular flexibility index (Phi) is 4.16. The second-order valence-electron chi connectivity index (χ2n) is 3.02. The van der Waals surface area contributed by atoms with Gasteiger partial charge < -0.3 is 10.1 Å². The molecule has 1 rings (SSSR count). The van der Waals surface area contributed by atoms with E-state index < -0.39 is 16.9 Å². The third-order valence-electron chi connectivity index (χ3n) is 1.84. The number of hydrogen-bond donors (Lipinski definition) is 1. The first-order chi connectivity index (χ1) is 7.95. The van der Waals surface area contributed by atoms with Gasteiger partial charge in [-0.1, -0.05) is 0 Å². The largest absolute Gasteiger partial charge is 0.467 e. The number of nitrogens with zero attached hydrogens (tertiary/aromatic N) is 3. The van der Waals surface area contributed by atoms with E-state index in [4.69, 9.17) is 11.6 Å². The molecule has 0 unspecified atom stereocenters. The number of aromatic nitrogens is 2. The van der Waals surface area contributed by atoms with Crippen LogP contribution in [0.25, 0.3) is 0 Å². The minimum Gasteiger partial charge on any atom is -0.467 e. The lowest BCUT2D eigenvalue weighted by Gasteiger charge is -2.11. The summed E-state index contributed by atoms with van der Waals surface area (Å²) in [6, 6.07) is -0.787. The van der Waals surface area contributed by atoms with E-state index in [1.54, 1.807) is 0 Å². The van der Waals surface area contributed by atoms with E-state index in [1.165, 1.54) is 14.0 Å². The van der Waals surface area contributed by atoms with Crippen LogP contribution in [-0.2, 0) is 9.53 Å². The number of rotatable bonds is 4. The van der Waals surface area contributed by atoms with Gasteiger partial charge in [0.2, 0.25) is 11.1 Å². The maximum absolute atomic E-state index is 11.2. The zero-order valence-corrected chi connectivity index (χ0v) is 9.76. The highest BCUT2D eigenvalue weighted by atomic mass is 35.5. The van der Waals surface area contributed by atoms with Crippen LogP contribution in [0.1, 0.15) is 6.92 Å². The average Bonchev–Trinajstić information content (AvgIpc) is 2.27.